The Morgan fingerprint density at radius 1 is 1.06 bits per heavy atom. The number of nitrogens with zero attached hydrogens (tertiary/aromatic N) is 1. The fraction of sp³-hybridized carbons (Fsp3) is 0.462. The average Bonchev–Trinajstić information content (AvgIpc) is 3.21. The third-order valence-corrected chi connectivity index (χ3v) is 6.48. The van der Waals surface area contributed by atoms with E-state index in [1.807, 2.05) is 59.5 Å². The Kier molecular flexibility index (Phi) is 6.90. The van der Waals surface area contributed by atoms with E-state index in [-0.39, 0.29) is 17.9 Å². The molecule has 0 spiro atoms. The average molecular weight is 421 g/mol. The lowest BCUT2D eigenvalue weighted by molar-refractivity contribution is -0.125. The molecule has 0 bridgehead atoms. The Morgan fingerprint density at radius 3 is 2.68 bits per heavy atom. The molecule has 5 heteroatoms. The van der Waals surface area contributed by atoms with E-state index >= 15 is 0 Å². The van der Waals surface area contributed by atoms with E-state index in [4.69, 9.17) is 4.74 Å². The van der Waals surface area contributed by atoms with E-state index in [2.05, 4.69) is 12.2 Å². The molecule has 2 aliphatic rings. The van der Waals surface area contributed by atoms with Gasteiger partial charge in [-0.25, -0.2) is 0 Å². The summed E-state index contributed by atoms with van der Waals surface area (Å²) in [5.74, 6) is 1.16. The fourth-order valence-corrected chi connectivity index (χ4v) is 4.99. The van der Waals surface area contributed by atoms with Crippen LogP contribution >= 0.6 is 0 Å². The molecule has 3 atom stereocenters. The van der Waals surface area contributed by atoms with Gasteiger partial charge >= 0.3 is 0 Å². The number of hydrogen-bond acceptors (Lipinski definition) is 3. The number of benzene rings is 2. The first-order valence-electron chi connectivity index (χ1n) is 11.5. The van der Waals surface area contributed by atoms with Crippen LogP contribution in [0.3, 0.4) is 0 Å². The predicted octanol–water partition coefficient (Wildman–Crippen LogP) is 4.57. The normalized spacial score (nSPS) is 22.6. The second kappa shape index (κ2) is 9.99. The van der Waals surface area contributed by atoms with Gasteiger partial charge in [0.25, 0.3) is 5.91 Å². The number of ether oxygens (including phenoxy) is 1. The predicted molar refractivity (Wildman–Crippen MR) is 121 cm³/mol. The zero-order valence-corrected chi connectivity index (χ0v) is 18.3. The molecule has 2 aromatic rings. The molecule has 4 rings (SSSR count). The molecule has 0 radical (unpaired) electrons. The fourth-order valence-electron chi connectivity index (χ4n) is 4.99. The molecule has 1 aliphatic heterocycles. The van der Waals surface area contributed by atoms with E-state index in [9.17, 15) is 9.59 Å². The Balaban J connectivity index is 1.47. The van der Waals surface area contributed by atoms with Crippen molar-refractivity contribution in [1.29, 1.82) is 0 Å². The molecule has 164 valence electrons. The molecular weight excluding hydrogens is 388 g/mol. The van der Waals surface area contributed by atoms with Crippen molar-refractivity contribution in [2.45, 2.75) is 64.1 Å². The van der Waals surface area contributed by atoms with E-state index < -0.39 is 6.04 Å². The standard InChI is InChI=1S/C26H32N2O3/c1-2-15-31-22-13-8-9-19(16-22)18-27-25(29)24-17-21-12-6-7-14-23(21)28(24)26(30)20-10-4-3-5-11-20/h3-5,8-11,13,16,21,23-24H,2,6-7,12,14-15,17-18H2,1H3,(H,27,29). The third kappa shape index (κ3) is 4.92. The minimum absolute atomic E-state index is 0.0230. The van der Waals surface area contributed by atoms with Crippen molar-refractivity contribution in [2.24, 2.45) is 5.92 Å². The highest BCUT2D eigenvalue weighted by Crippen LogP contribution is 2.40. The highest BCUT2D eigenvalue weighted by molar-refractivity contribution is 5.98. The maximum absolute atomic E-state index is 13.4. The number of carbonyl (C=O) groups excluding carboxylic acids is 2. The summed E-state index contributed by atoms with van der Waals surface area (Å²) in [4.78, 5) is 28.5. The minimum atomic E-state index is -0.402. The first-order chi connectivity index (χ1) is 15.2. The van der Waals surface area contributed by atoms with Crippen LogP contribution in [0.4, 0.5) is 0 Å². The van der Waals surface area contributed by atoms with Gasteiger partial charge < -0.3 is 15.0 Å². The Bertz CT molecular complexity index is 899. The minimum Gasteiger partial charge on any atom is -0.494 e. The van der Waals surface area contributed by atoms with E-state index in [1.165, 1.54) is 6.42 Å². The van der Waals surface area contributed by atoms with Crippen LogP contribution in [0, 0.1) is 5.92 Å². The van der Waals surface area contributed by atoms with Gasteiger partial charge in [0.1, 0.15) is 11.8 Å². The van der Waals surface area contributed by atoms with Crippen molar-refractivity contribution in [3.63, 3.8) is 0 Å². The molecule has 0 aromatic heterocycles. The number of amides is 2. The van der Waals surface area contributed by atoms with Crippen molar-refractivity contribution >= 4 is 11.8 Å². The number of carbonyl (C=O) groups is 2. The number of likely N-dealkylation sites (tertiary alicyclic amines) is 1. The topological polar surface area (TPSA) is 58.6 Å². The van der Waals surface area contributed by atoms with Gasteiger partial charge in [-0.05, 0) is 61.4 Å². The number of hydrogen-bond donors (Lipinski definition) is 1. The first-order valence-corrected chi connectivity index (χ1v) is 11.5. The molecule has 2 aromatic carbocycles. The van der Waals surface area contributed by atoms with Crippen molar-refractivity contribution in [3.05, 3.63) is 65.7 Å². The smallest absolute Gasteiger partial charge is 0.254 e. The van der Waals surface area contributed by atoms with Crippen molar-refractivity contribution < 1.29 is 14.3 Å². The zero-order valence-electron chi connectivity index (χ0n) is 18.3. The van der Waals surface area contributed by atoms with Crippen molar-refractivity contribution in [2.75, 3.05) is 6.61 Å². The van der Waals surface area contributed by atoms with Crippen LogP contribution in [-0.4, -0.2) is 35.4 Å². The van der Waals surface area contributed by atoms with E-state index in [0.717, 1.165) is 43.4 Å². The third-order valence-electron chi connectivity index (χ3n) is 6.48. The quantitative estimate of drug-likeness (QED) is 0.714. The molecule has 2 amide bonds. The summed E-state index contributed by atoms with van der Waals surface area (Å²) >= 11 is 0. The summed E-state index contributed by atoms with van der Waals surface area (Å²) in [5, 5.41) is 3.08. The van der Waals surface area contributed by atoms with Gasteiger partial charge in [-0.15, -0.1) is 0 Å². The van der Waals surface area contributed by atoms with Crippen molar-refractivity contribution in [1.82, 2.24) is 10.2 Å². The van der Waals surface area contributed by atoms with Gasteiger partial charge in [-0.1, -0.05) is 50.1 Å². The molecule has 1 saturated carbocycles. The number of rotatable bonds is 7. The van der Waals surface area contributed by atoms with Crippen molar-refractivity contribution in [3.8, 4) is 5.75 Å². The number of nitrogens with one attached hydrogen (secondary N) is 1. The molecule has 2 fully saturated rings. The van der Waals surface area contributed by atoms with Gasteiger partial charge in [-0.2, -0.15) is 0 Å². The first kappa shape index (κ1) is 21.4. The van der Waals surface area contributed by atoms with Crippen LogP contribution in [0.5, 0.6) is 5.75 Å². The molecular formula is C26H32N2O3. The van der Waals surface area contributed by atoms with Crippen LogP contribution < -0.4 is 10.1 Å². The van der Waals surface area contributed by atoms with Crippen LogP contribution in [0.1, 0.15) is 61.4 Å². The molecule has 1 N–H and O–H groups in total. The maximum atomic E-state index is 13.4. The van der Waals surface area contributed by atoms with Crippen LogP contribution in [0.15, 0.2) is 54.6 Å². The Morgan fingerprint density at radius 2 is 1.87 bits per heavy atom. The van der Waals surface area contributed by atoms with Gasteiger partial charge in [0.05, 0.1) is 6.61 Å². The van der Waals surface area contributed by atoms with Crippen LogP contribution in [0.25, 0.3) is 0 Å². The van der Waals surface area contributed by atoms with Crippen LogP contribution in [-0.2, 0) is 11.3 Å². The summed E-state index contributed by atoms with van der Waals surface area (Å²) in [6.45, 7) is 3.18. The van der Waals surface area contributed by atoms with E-state index in [1.54, 1.807) is 0 Å². The highest BCUT2D eigenvalue weighted by Gasteiger charge is 2.47. The molecule has 1 aliphatic carbocycles. The summed E-state index contributed by atoms with van der Waals surface area (Å²) in [5.41, 5.74) is 1.66. The lowest BCUT2D eigenvalue weighted by atomic mass is 9.84. The second-order valence-electron chi connectivity index (χ2n) is 8.66. The van der Waals surface area contributed by atoms with Gasteiger partial charge in [0, 0.05) is 18.2 Å². The summed E-state index contributed by atoms with van der Waals surface area (Å²) in [7, 11) is 0. The SMILES string of the molecule is CCCOc1cccc(CNC(=O)C2CC3CCCCC3N2C(=O)c2ccccc2)c1. The Labute approximate surface area is 184 Å². The Hall–Kier alpha value is -2.82. The monoisotopic (exact) mass is 420 g/mol. The summed E-state index contributed by atoms with van der Waals surface area (Å²) < 4.78 is 5.70. The molecule has 3 unspecified atom stereocenters. The lowest BCUT2D eigenvalue weighted by Gasteiger charge is -2.33. The van der Waals surface area contributed by atoms with E-state index in [0.29, 0.717) is 24.6 Å². The van der Waals surface area contributed by atoms with Gasteiger partial charge in [0.2, 0.25) is 5.91 Å². The van der Waals surface area contributed by atoms with Crippen LogP contribution in [0.2, 0.25) is 0 Å². The zero-order chi connectivity index (χ0) is 21.6. The molecule has 5 nitrogen and oxygen atoms in total. The highest BCUT2D eigenvalue weighted by atomic mass is 16.5. The summed E-state index contributed by atoms with van der Waals surface area (Å²) in [6, 6.07) is 17.0. The van der Waals surface area contributed by atoms with Gasteiger partial charge in [0.15, 0.2) is 0 Å². The molecule has 31 heavy (non-hydrogen) atoms. The second-order valence-corrected chi connectivity index (χ2v) is 8.66. The lowest BCUT2D eigenvalue weighted by Crippen LogP contribution is -2.49. The summed E-state index contributed by atoms with van der Waals surface area (Å²) in [6.07, 6.45) is 6.12. The molecule has 1 heterocycles. The molecule has 1 saturated heterocycles. The van der Waals surface area contributed by atoms with Gasteiger partial charge in [-0.3, -0.25) is 9.59 Å². The maximum Gasteiger partial charge on any atom is 0.254 e. The number of fused-ring (bicyclic) bond motifs is 1. The largest absolute Gasteiger partial charge is 0.494 e.